The minimum atomic E-state index is 0.294. The molecule has 1 aromatic heterocycles. The van der Waals surface area contributed by atoms with E-state index >= 15 is 0 Å². The SMILES string of the molecule is CCCCCCCCCCC(=O)c1csc(Br)c1. The number of carbonyl (C=O) groups excluding carboxylic acids is 1. The van der Waals surface area contributed by atoms with Gasteiger partial charge in [0.25, 0.3) is 0 Å². The van der Waals surface area contributed by atoms with Crippen LogP contribution in [0.15, 0.2) is 15.2 Å². The number of halogens is 1. The minimum Gasteiger partial charge on any atom is -0.294 e. The van der Waals surface area contributed by atoms with Crippen LogP contribution in [0.2, 0.25) is 0 Å². The fourth-order valence-corrected chi connectivity index (χ4v) is 3.18. The van der Waals surface area contributed by atoms with Crippen LogP contribution in [-0.2, 0) is 0 Å². The Bertz CT molecular complexity index is 346. The summed E-state index contributed by atoms with van der Waals surface area (Å²) in [6.07, 6.45) is 11.0. The molecule has 0 amide bonds. The number of hydrogen-bond acceptors (Lipinski definition) is 2. The summed E-state index contributed by atoms with van der Waals surface area (Å²) in [5, 5.41) is 1.94. The maximum Gasteiger partial charge on any atom is 0.163 e. The lowest BCUT2D eigenvalue weighted by Crippen LogP contribution is -1.96. The van der Waals surface area contributed by atoms with Crippen molar-refractivity contribution in [3.8, 4) is 0 Å². The van der Waals surface area contributed by atoms with Crippen LogP contribution in [0.25, 0.3) is 0 Å². The van der Waals surface area contributed by atoms with E-state index in [0.717, 1.165) is 15.8 Å². The first-order valence-corrected chi connectivity index (χ1v) is 8.68. The second-order valence-corrected chi connectivity index (χ2v) is 7.08. The number of rotatable bonds is 10. The van der Waals surface area contributed by atoms with Crippen LogP contribution in [0.5, 0.6) is 0 Å². The Balaban J connectivity index is 1.99. The van der Waals surface area contributed by atoms with Gasteiger partial charge in [-0.1, -0.05) is 51.9 Å². The first kappa shape index (κ1) is 15.9. The van der Waals surface area contributed by atoms with Crippen LogP contribution in [0.1, 0.15) is 75.1 Å². The number of hydrogen-bond donors (Lipinski definition) is 0. The van der Waals surface area contributed by atoms with E-state index in [1.165, 1.54) is 44.9 Å². The highest BCUT2D eigenvalue weighted by Crippen LogP contribution is 2.22. The smallest absolute Gasteiger partial charge is 0.163 e. The number of Topliss-reactive ketones (excluding diaryl/α,β-unsaturated/α-hetero) is 1. The van der Waals surface area contributed by atoms with Crippen molar-refractivity contribution in [2.75, 3.05) is 0 Å². The van der Waals surface area contributed by atoms with Gasteiger partial charge in [0.2, 0.25) is 0 Å². The van der Waals surface area contributed by atoms with Gasteiger partial charge in [-0.15, -0.1) is 11.3 Å². The van der Waals surface area contributed by atoms with E-state index in [1.807, 2.05) is 11.4 Å². The molecule has 1 heterocycles. The monoisotopic (exact) mass is 330 g/mol. The van der Waals surface area contributed by atoms with E-state index in [1.54, 1.807) is 11.3 Å². The molecular formula is C15H23BrOS. The topological polar surface area (TPSA) is 17.1 Å². The Morgan fingerprint density at radius 1 is 1.11 bits per heavy atom. The van der Waals surface area contributed by atoms with Crippen LogP contribution in [0, 0.1) is 0 Å². The summed E-state index contributed by atoms with van der Waals surface area (Å²) in [5.74, 6) is 0.294. The van der Waals surface area contributed by atoms with Crippen molar-refractivity contribution in [3.63, 3.8) is 0 Å². The fourth-order valence-electron chi connectivity index (χ4n) is 2.02. The van der Waals surface area contributed by atoms with E-state index in [-0.39, 0.29) is 0 Å². The molecule has 0 saturated heterocycles. The standard InChI is InChI=1S/C15H23BrOS/c1-2-3-4-5-6-7-8-9-10-14(17)13-11-15(16)18-12-13/h11-12H,2-10H2,1H3. The third kappa shape index (κ3) is 6.69. The van der Waals surface area contributed by atoms with Gasteiger partial charge >= 0.3 is 0 Å². The molecule has 0 aromatic carbocycles. The third-order valence-corrected chi connectivity index (χ3v) is 4.65. The largest absolute Gasteiger partial charge is 0.294 e. The number of thiophene rings is 1. The predicted octanol–water partition coefficient (Wildman–Crippen LogP) is 6.22. The molecule has 0 aliphatic rings. The molecule has 1 aromatic rings. The molecule has 0 atom stereocenters. The molecule has 102 valence electrons. The van der Waals surface area contributed by atoms with Crippen molar-refractivity contribution >= 4 is 33.0 Å². The van der Waals surface area contributed by atoms with Gasteiger partial charge in [0.15, 0.2) is 5.78 Å². The Hall–Kier alpha value is -0.150. The maximum atomic E-state index is 11.8. The summed E-state index contributed by atoms with van der Waals surface area (Å²) in [6, 6.07) is 1.93. The molecule has 0 unspecified atom stereocenters. The lowest BCUT2D eigenvalue weighted by atomic mass is 10.0. The van der Waals surface area contributed by atoms with Gasteiger partial charge in [0, 0.05) is 17.4 Å². The second kappa shape index (κ2) is 9.74. The van der Waals surface area contributed by atoms with Crippen molar-refractivity contribution < 1.29 is 4.79 Å². The second-order valence-electron chi connectivity index (χ2n) is 4.79. The number of unbranched alkanes of at least 4 members (excludes halogenated alkanes) is 7. The summed E-state index contributed by atoms with van der Waals surface area (Å²) < 4.78 is 1.04. The van der Waals surface area contributed by atoms with Crippen molar-refractivity contribution in [1.29, 1.82) is 0 Å². The molecule has 3 heteroatoms. The summed E-state index contributed by atoms with van der Waals surface area (Å²) in [5.41, 5.74) is 0.870. The van der Waals surface area contributed by atoms with Gasteiger partial charge in [-0.3, -0.25) is 4.79 Å². The first-order valence-electron chi connectivity index (χ1n) is 7.01. The zero-order valence-electron chi connectivity index (χ0n) is 11.2. The van der Waals surface area contributed by atoms with E-state index in [0.29, 0.717) is 12.2 Å². The van der Waals surface area contributed by atoms with Crippen molar-refractivity contribution in [2.24, 2.45) is 0 Å². The number of ketones is 1. The van der Waals surface area contributed by atoms with E-state index < -0.39 is 0 Å². The lowest BCUT2D eigenvalue weighted by molar-refractivity contribution is 0.0979. The highest BCUT2D eigenvalue weighted by molar-refractivity contribution is 9.11. The Kier molecular flexibility index (Phi) is 8.60. The molecular weight excluding hydrogens is 308 g/mol. The van der Waals surface area contributed by atoms with Crippen LogP contribution >= 0.6 is 27.3 Å². The Morgan fingerprint density at radius 3 is 2.28 bits per heavy atom. The normalized spacial score (nSPS) is 10.8. The van der Waals surface area contributed by atoms with Gasteiger partial charge in [-0.25, -0.2) is 0 Å². The summed E-state index contributed by atoms with van der Waals surface area (Å²) in [7, 11) is 0. The van der Waals surface area contributed by atoms with E-state index in [9.17, 15) is 4.79 Å². The average Bonchev–Trinajstić information content (AvgIpc) is 2.79. The number of carbonyl (C=O) groups is 1. The van der Waals surface area contributed by atoms with Crippen LogP contribution < -0.4 is 0 Å². The molecule has 0 radical (unpaired) electrons. The zero-order chi connectivity index (χ0) is 13.2. The van der Waals surface area contributed by atoms with Gasteiger partial charge in [0.05, 0.1) is 3.79 Å². The summed E-state index contributed by atoms with van der Waals surface area (Å²) in [4.78, 5) is 11.8. The highest BCUT2D eigenvalue weighted by atomic mass is 79.9. The first-order chi connectivity index (χ1) is 8.74. The fraction of sp³-hybridized carbons (Fsp3) is 0.667. The van der Waals surface area contributed by atoms with Crippen molar-refractivity contribution in [2.45, 2.75) is 64.7 Å². The highest BCUT2D eigenvalue weighted by Gasteiger charge is 2.07. The molecule has 0 N–H and O–H groups in total. The van der Waals surface area contributed by atoms with Crippen molar-refractivity contribution in [3.05, 3.63) is 20.8 Å². The predicted molar refractivity (Wildman–Crippen MR) is 83.6 cm³/mol. The van der Waals surface area contributed by atoms with E-state index in [2.05, 4.69) is 22.9 Å². The van der Waals surface area contributed by atoms with Gasteiger partial charge in [-0.05, 0) is 28.4 Å². The maximum absolute atomic E-state index is 11.8. The Labute approximate surface area is 123 Å². The minimum absolute atomic E-state index is 0.294. The zero-order valence-corrected chi connectivity index (χ0v) is 13.6. The molecule has 1 nitrogen and oxygen atoms in total. The molecule has 0 saturated carbocycles. The lowest BCUT2D eigenvalue weighted by Gasteiger charge is -2.01. The summed E-state index contributed by atoms with van der Waals surface area (Å²) >= 11 is 4.97. The van der Waals surface area contributed by atoms with Crippen LogP contribution in [0.3, 0.4) is 0 Å². The van der Waals surface area contributed by atoms with Crippen LogP contribution in [-0.4, -0.2) is 5.78 Å². The molecule has 0 spiro atoms. The van der Waals surface area contributed by atoms with Crippen molar-refractivity contribution in [1.82, 2.24) is 0 Å². The molecule has 1 rings (SSSR count). The molecule has 0 fully saturated rings. The molecule has 0 bridgehead atoms. The quantitative estimate of drug-likeness (QED) is 0.367. The van der Waals surface area contributed by atoms with E-state index in [4.69, 9.17) is 0 Å². The Morgan fingerprint density at radius 2 is 1.72 bits per heavy atom. The molecule has 18 heavy (non-hydrogen) atoms. The van der Waals surface area contributed by atoms with Gasteiger partial charge < -0.3 is 0 Å². The molecule has 0 aliphatic heterocycles. The molecule has 0 aliphatic carbocycles. The van der Waals surface area contributed by atoms with Gasteiger partial charge in [-0.2, -0.15) is 0 Å². The van der Waals surface area contributed by atoms with Gasteiger partial charge in [0.1, 0.15) is 0 Å². The van der Waals surface area contributed by atoms with Crippen LogP contribution in [0.4, 0.5) is 0 Å². The summed E-state index contributed by atoms with van der Waals surface area (Å²) in [6.45, 7) is 2.24. The third-order valence-electron chi connectivity index (χ3n) is 3.15. The average molecular weight is 331 g/mol.